The summed E-state index contributed by atoms with van der Waals surface area (Å²) in [5.41, 5.74) is -0.326. The van der Waals surface area contributed by atoms with Gasteiger partial charge in [-0.05, 0) is 5.27 Å². The monoisotopic (exact) mass is 227 g/mol. The van der Waals surface area contributed by atoms with Crippen LogP contribution in [0.5, 0.6) is 0 Å². The van der Waals surface area contributed by atoms with Gasteiger partial charge in [-0.15, -0.1) is 0 Å². The number of hydrogen-bond acceptors (Lipinski definition) is 2. The Kier molecular flexibility index (Phi) is 1.37. The second kappa shape index (κ2) is 1.88. The molecule has 0 aromatic carbocycles. The fourth-order valence-corrected chi connectivity index (χ4v) is 0.538. The van der Waals surface area contributed by atoms with Crippen molar-refractivity contribution in [1.29, 1.82) is 0 Å². The van der Waals surface area contributed by atoms with Crippen molar-refractivity contribution in [3.05, 3.63) is 14.1 Å². The van der Waals surface area contributed by atoms with Gasteiger partial charge in [0.15, 0.2) is 7.05 Å². The largest absolute Gasteiger partial charge is 0.440 e. The predicted octanol–water partition coefficient (Wildman–Crippen LogP) is -0.603. The third-order valence-corrected chi connectivity index (χ3v) is 1.90. The zero-order valence-electron chi connectivity index (χ0n) is 4.14. The predicted molar refractivity (Wildman–Crippen MR) is 33.2 cm³/mol. The second-order valence-electron chi connectivity index (χ2n) is 1.33. The van der Waals surface area contributed by atoms with Crippen LogP contribution in [0.1, 0.15) is 0 Å². The van der Waals surface area contributed by atoms with Crippen LogP contribution in [0.2, 0.25) is 0 Å². The van der Waals surface area contributed by atoms with Gasteiger partial charge in [0.25, 0.3) is 0 Å². The van der Waals surface area contributed by atoms with Gasteiger partial charge in [0.2, 0.25) is 0 Å². The average Bonchev–Trinajstić information content (AvgIpc) is 1.98. The van der Waals surface area contributed by atoms with E-state index in [0.29, 0.717) is 3.70 Å². The van der Waals surface area contributed by atoms with E-state index in [2.05, 4.69) is 9.79 Å². The first kappa shape index (κ1) is 5.80. The Balaban J connectivity index is 3.41. The van der Waals surface area contributed by atoms with Crippen molar-refractivity contribution in [3.8, 4) is 0 Å². The molecule has 0 atom stereocenters. The van der Waals surface area contributed by atoms with Gasteiger partial charge in [0.1, 0.15) is 0 Å². The van der Waals surface area contributed by atoms with Crippen LogP contribution in [0.15, 0.2) is 9.32 Å². The molecular weight excluding hydrogens is 223 g/mol. The molecule has 1 aromatic heterocycles. The molecule has 1 heterocycles. The van der Waals surface area contributed by atoms with Gasteiger partial charge < -0.3 is 0 Å². The molecule has 0 amide bonds. The zero-order valence-corrected chi connectivity index (χ0v) is 6.30. The van der Waals surface area contributed by atoms with Gasteiger partial charge in [-0.3, -0.25) is 4.52 Å². The molecule has 0 aliphatic rings. The van der Waals surface area contributed by atoms with Crippen LogP contribution in [0.4, 0.5) is 0 Å². The summed E-state index contributed by atoms with van der Waals surface area (Å²) in [6, 6.07) is 0. The van der Waals surface area contributed by atoms with Crippen LogP contribution >= 0.6 is 22.6 Å². The zero-order chi connectivity index (χ0) is 6.15. The number of halogens is 1. The van der Waals surface area contributed by atoms with E-state index >= 15 is 0 Å². The van der Waals surface area contributed by atoms with Gasteiger partial charge in [-0.2, -0.15) is 0 Å². The summed E-state index contributed by atoms with van der Waals surface area (Å²) >= 11 is 1.89. The maximum Gasteiger partial charge on any atom is 0.440 e. The van der Waals surface area contributed by atoms with E-state index < -0.39 is 0 Å². The van der Waals surface area contributed by atoms with Crippen molar-refractivity contribution >= 4 is 22.6 Å². The molecule has 0 saturated carbocycles. The molecule has 5 heteroatoms. The minimum atomic E-state index is -0.326. The molecule has 0 bridgehead atoms. The summed E-state index contributed by atoms with van der Waals surface area (Å²) in [7, 11) is 1.70. The molecule has 0 fully saturated rings. The molecule has 1 N–H and O–H groups in total. The van der Waals surface area contributed by atoms with Crippen LogP contribution in [0.25, 0.3) is 0 Å². The first-order valence-electron chi connectivity index (χ1n) is 1.95. The topological polar surface area (TPSA) is 49.9 Å². The lowest BCUT2D eigenvalue weighted by Gasteiger charge is -1.67. The van der Waals surface area contributed by atoms with Gasteiger partial charge in [0, 0.05) is 22.6 Å². The molecule has 4 nitrogen and oxygen atoms in total. The summed E-state index contributed by atoms with van der Waals surface area (Å²) < 4.78 is 6.42. The summed E-state index contributed by atoms with van der Waals surface area (Å²) in [5.74, 6) is 0. The van der Waals surface area contributed by atoms with E-state index in [1.54, 1.807) is 7.05 Å². The van der Waals surface area contributed by atoms with Crippen molar-refractivity contribution in [2.24, 2.45) is 7.05 Å². The third-order valence-electron chi connectivity index (χ3n) is 0.738. The summed E-state index contributed by atoms with van der Waals surface area (Å²) in [4.78, 5) is 10.4. The normalized spacial score (nSPS) is 9.75. The van der Waals surface area contributed by atoms with E-state index in [-0.39, 0.29) is 5.63 Å². The number of aromatic nitrogens is 2. The summed E-state index contributed by atoms with van der Waals surface area (Å²) in [6.07, 6.45) is 0. The summed E-state index contributed by atoms with van der Waals surface area (Å²) in [6.45, 7) is 0. The Hall–Kier alpha value is -0.330. The Morgan fingerprint density at radius 2 is 2.50 bits per heavy atom. The third kappa shape index (κ3) is 0.770. The number of aryl methyl sites for hydroxylation is 1. The number of aromatic amines is 1. The highest BCUT2D eigenvalue weighted by Crippen LogP contribution is 1.83. The maximum absolute atomic E-state index is 10.4. The molecule has 0 radical (unpaired) electrons. The van der Waals surface area contributed by atoms with Crippen molar-refractivity contribution < 1.29 is 9.20 Å². The van der Waals surface area contributed by atoms with Crippen molar-refractivity contribution in [1.82, 2.24) is 5.27 Å². The molecule has 44 valence electrons. The fourth-order valence-electron chi connectivity index (χ4n) is 0.329. The minimum absolute atomic E-state index is 0.326. The molecule has 0 spiro atoms. The molecule has 1 rings (SSSR count). The number of rotatable bonds is 0. The number of nitrogens with zero attached hydrogens (tertiary/aromatic N) is 1. The first-order chi connectivity index (χ1) is 3.72. The Bertz CT molecular complexity index is 238. The van der Waals surface area contributed by atoms with E-state index in [1.807, 2.05) is 22.6 Å². The molecular formula is C3H4IN2O2+. The van der Waals surface area contributed by atoms with Crippen LogP contribution in [0.3, 0.4) is 0 Å². The number of H-pyrrole nitrogens is 1. The summed E-state index contributed by atoms with van der Waals surface area (Å²) in [5, 5.41) is 2.36. The van der Waals surface area contributed by atoms with Gasteiger partial charge in [0.05, 0.1) is 0 Å². The maximum atomic E-state index is 10.4. The minimum Gasteiger partial charge on any atom is -0.282 e. The standard InChI is InChI=1S/C3H3IN2O2/c1-6-2(4)3(7)8-5-6/h1H3/p+1. The second-order valence-corrected chi connectivity index (χ2v) is 2.35. The number of hydrogen-bond donors (Lipinski definition) is 1. The fraction of sp³-hybridized carbons (Fsp3) is 0.333. The van der Waals surface area contributed by atoms with Crippen molar-refractivity contribution in [3.63, 3.8) is 0 Å². The molecule has 0 aliphatic heterocycles. The molecule has 0 unspecified atom stereocenters. The van der Waals surface area contributed by atoms with E-state index in [9.17, 15) is 4.79 Å². The molecule has 0 saturated heterocycles. The highest BCUT2D eigenvalue weighted by molar-refractivity contribution is 14.1. The SMILES string of the molecule is C[n+]1[nH]oc(=O)c1I. The Morgan fingerprint density at radius 3 is 2.62 bits per heavy atom. The quantitative estimate of drug-likeness (QED) is 0.475. The first-order valence-corrected chi connectivity index (χ1v) is 3.02. The van der Waals surface area contributed by atoms with Crippen molar-refractivity contribution in [2.45, 2.75) is 0 Å². The van der Waals surface area contributed by atoms with Crippen LogP contribution in [-0.2, 0) is 7.05 Å². The average molecular weight is 227 g/mol. The van der Waals surface area contributed by atoms with Crippen LogP contribution < -0.4 is 10.3 Å². The lowest BCUT2D eigenvalue weighted by Crippen LogP contribution is -2.34. The lowest BCUT2D eigenvalue weighted by atomic mass is 10.9. The van der Waals surface area contributed by atoms with Gasteiger partial charge in [-0.25, -0.2) is 4.79 Å². The van der Waals surface area contributed by atoms with Gasteiger partial charge >= 0.3 is 9.33 Å². The highest BCUT2D eigenvalue weighted by atomic mass is 127. The highest BCUT2D eigenvalue weighted by Gasteiger charge is 2.10. The molecule has 8 heavy (non-hydrogen) atoms. The Labute approximate surface area is 58.6 Å². The van der Waals surface area contributed by atoms with E-state index in [1.165, 1.54) is 4.68 Å². The van der Waals surface area contributed by atoms with Crippen LogP contribution in [0, 0.1) is 3.70 Å². The van der Waals surface area contributed by atoms with E-state index in [0.717, 1.165) is 0 Å². The van der Waals surface area contributed by atoms with Crippen LogP contribution in [-0.4, -0.2) is 5.27 Å². The lowest BCUT2D eigenvalue weighted by molar-refractivity contribution is -0.750. The van der Waals surface area contributed by atoms with Crippen molar-refractivity contribution in [2.75, 3.05) is 0 Å². The number of nitrogens with one attached hydrogen (secondary N) is 1. The Morgan fingerprint density at radius 1 is 1.88 bits per heavy atom. The smallest absolute Gasteiger partial charge is 0.282 e. The van der Waals surface area contributed by atoms with Gasteiger partial charge in [-0.1, -0.05) is 4.68 Å². The molecule has 1 aromatic rings. The molecule has 0 aliphatic carbocycles. The van der Waals surface area contributed by atoms with E-state index in [4.69, 9.17) is 0 Å².